The van der Waals surface area contributed by atoms with E-state index in [0.717, 1.165) is 24.2 Å². The van der Waals surface area contributed by atoms with Gasteiger partial charge in [-0.15, -0.1) is 0 Å². The second-order valence-electron chi connectivity index (χ2n) is 7.45. The molecule has 29 heavy (non-hydrogen) atoms. The Bertz CT molecular complexity index is 945. The van der Waals surface area contributed by atoms with Crippen LogP contribution in [0.15, 0.2) is 48.5 Å². The van der Waals surface area contributed by atoms with Gasteiger partial charge in [-0.3, -0.25) is 14.4 Å². The predicted molar refractivity (Wildman–Crippen MR) is 112 cm³/mol. The van der Waals surface area contributed by atoms with Crippen molar-refractivity contribution in [1.82, 2.24) is 4.90 Å². The molecule has 0 aliphatic carbocycles. The maximum absolute atomic E-state index is 12.6. The smallest absolute Gasteiger partial charge is 0.229 e. The molecule has 7 heteroatoms. The molecule has 2 aromatic rings. The zero-order valence-electron chi connectivity index (χ0n) is 15.9. The van der Waals surface area contributed by atoms with Crippen LogP contribution in [-0.2, 0) is 20.9 Å². The molecule has 3 amide bonds. The van der Waals surface area contributed by atoms with Crippen molar-refractivity contribution in [3.05, 3.63) is 59.1 Å². The van der Waals surface area contributed by atoms with Crippen molar-refractivity contribution in [3.8, 4) is 0 Å². The van der Waals surface area contributed by atoms with E-state index in [0.29, 0.717) is 30.2 Å². The number of nitrogens with zero attached hydrogens (tertiary/aromatic N) is 2. The van der Waals surface area contributed by atoms with Crippen molar-refractivity contribution in [3.63, 3.8) is 0 Å². The fraction of sp³-hybridized carbons (Fsp3) is 0.318. The van der Waals surface area contributed by atoms with Gasteiger partial charge in [0.25, 0.3) is 0 Å². The SMILES string of the molecule is O=C(Nc1ccc(N2CCCC2=O)cc1)C1CC(=O)N(Cc2ccccc2Cl)C1. The molecule has 4 rings (SSSR count). The van der Waals surface area contributed by atoms with Crippen molar-refractivity contribution in [2.45, 2.75) is 25.8 Å². The van der Waals surface area contributed by atoms with Gasteiger partial charge in [-0.05, 0) is 42.3 Å². The lowest BCUT2D eigenvalue weighted by Crippen LogP contribution is -2.28. The van der Waals surface area contributed by atoms with Crippen LogP contribution < -0.4 is 10.2 Å². The number of hydrogen-bond donors (Lipinski definition) is 1. The van der Waals surface area contributed by atoms with E-state index in [9.17, 15) is 14.4 Å². The van der Waals surface area contributed by atoms with E-state index in [1.54, 1.807) is 28.0 Å². The van der Waals surface area contributed by atoms with Gasteiger partial charge in [0.15, 0.2) is 0 Å². The van der Waals surface area contributed by atoms with Gasteiger partial charge in [-0.25, -0.2) is 0 Å². The monoisotopic (exact) mass is 411 g/mol. The third-order valence-electron chi connectivity index (χ3n) is 5.42. The fourth-order valence-corrected chi connectivity index (χ4v) is 4.02. The molecule has 150 valence electrons. The summed E-state index contributed by atoms with van der Waals surface area (Å²) < 4.78 is 0. The summed E-state index contributed by atoms with van der Waals surface area (Å²) in [5, 5.41) is 3.50. The summed E-state index contributed by atoms with van der Waals surface area (Å²) in [6, 6.07) is 14.7. The van der Waals surface area contributed by atoms with Crippen molar-refractivity contribution in [2.75, 3.05) is 23.3 Å². The molecule has 2 saturated heterocycles. The Morgan fingerprint density at radius 1 is 1.07 bits per heavy atom. The molecule has 2 aliphatic rings. The van der Waals surface area contributed by atoms with Crippen LogP contribution in [0.3, 0.4) is 0 Å². The van der Waals surface area contributed by atoms with Gasteiger partial charge in [0, 0.05) is 48.9 Å². The van der Waals surface area contributed by atoms with Crippen molar-refractivity contribution < 1.29 is 14.4 Å². The summed E-state index contributed by atoms with van der Waals surface area (Å²) in [6.07, 6.45) is 1.65. The lowest BCUT2D eigenvalue weighted by Gasteiger charge is -2.18. The fourth-order valence-electron chi connectivity index (χ4n) is 3.82. The molecule has 0 saturated carbocycles. The Labute approximate surface area is 174 Å². The highest BCUT2D eigenvalue weighted by Crippen LogP contribution is 2.26. The van der Waals surface area contributed by atoms with E-state index in [1.807, 2.05) is 30.3 Å². The molecule has 2 heterocycles. The average Bonchev–Trinajstić information content (AvgIpc) is 3.30. The van der Waals surface area contributed by atoms with E-state index in [4.69, 9.17) is 11.6 Å². The van der Waals surface area contributed by atoms with Crippen LogP contribution in [0.4, 0.5) is 11.4 Å². The molecular weight excluding hydrogens is 390 g/mol. The van der Waals surface area contributed by atoms with Gasteiger partial charge in [0.1, 0.15) is 0 Å². The van der Waals surface area contributed by atoms with Crippen LogP contribution >= 0.6 is 11.6 Å². The Morgan fingerprint density at radius 2 is 1.83 bits per heavy atom. The van der Waals surface area contributed by atoms with Gasteiger partial charge in [0.2, 0.25) is 17.7 Å². The van der Waals surface area contributed by atoms with Crippen molar-refractivity contribution >= 4 is 40.7 Å². The Hall–Kier alpha value is -2.86. The number of likely N-dealkylation sites (tertiary alicyclic amines) is 1. The molecule has 2 aromatic carbocycles. The van der Waals surface area contributed by atoms with E-state index in [-0.39, 0.29) is 24.1 Å². The maximum Gasteiger partial charge on any atom is 0.229 e. The highest BCUT2D eigenvalue weighted by atomic mass is 35.5. The summed E-state index contributed by atoms with van der Waals surface area (Å²) in [5.41, 5.74) is 2.37. The summed E-state index contributed by atoms with van der Waals surface area (Å²) >= 11 is 6.18. The molecule has 6 nitrogen and oxygen atoms in total. The Balaban J connectivity index is 1.36. The summed E-state index contributed by atoms with van der Waals surface area (Å²) in [4.78, 5) is 40.3. The van der Waals surface area contributed by atoms with Gasteiger partial charge >= 0.3 is 0 Å². The molecule has 0 radical (unpaired) electrons. The van der Waals surface area contributed by atoms with Crippen LogP contribution in [0.5, 0.6) is 0 Å². The standard InChI is InChI=1S/C22H22ClN3O3/c23-19-5-2-1-4-15(19)13-25-14-16(12-21(25)28)22(29)24-17-7-9-18(10-8-17)26-11-3-6-20(26)27/h1-2,4-5,7-10,16H,3,6,11-14H2,(H,24,29). The number of rotatable bonds is 5. The minimum absolute atomic E-state index is 0.0482. The molecule has 1 atom stereocenters. The summed E-state index contributed by atoms with van der Waals surface area (Å²) in [7, 11) is 0. The van der Waals surface area contributed by atoms with Gasteiger partial charge < -0.3 is 15.1 Å². The number of hydrogen-bond acceptors (Lipinski definition) is 3. The Kier molecular flexibility index (Phi) is 5.53. The molecule has 0 aromatic heterocycles. The molecule has 1 unspecified atom stereocenters. The molecule has 2 fully saturated rings. The minimum Gasteiger partial charge on any atom is -0.337 e. The molecular formula is C22H22ClN3O3. The van der Waals surface area contributed by atoms with E-state index >= 15 is 0 Å². The van der Waals surface area contributed by atoms with Crippen LogP contribution in [0.25, 0.3) is 0 Å². The van der Waals surface area contributed by atoms with Gasteiger partial charge in [-0.1, -0.05) is 29.8 Å². The second-order valence-corrected chi connectivity index (χ2v) is 7.86. The van der Waals surface area contributed by atoms with E-state index in [1.165, 1.54) is 0 Å². The number of anilines is 2. The number of benzene rings is 2. The lowest BCUT2D eigenvalue weighted by molar-refractivity contribution is -0.128. The quantitative estimate of drug-likeness (QED) is 0.819. The minimum atomic E-state index is -0.398. The number of carbonyl (C=O) groups is 3. The molecule has 2 aliphatic heterocycles. The first-order chi connectivity index (χ1) is 14.0. The van der Waals surface area contributed by atoms with Crippen LogP contribution in [0, 0.1) is 5.92 Å². The predicted octanol–water partition coefficient (Wildman–Crippen LogP) is 3.45. The van der Waals surface area contributed by atoms with Crippen LogP contribution in [-0.4, -0.2) is 35.7 Å². The number of halogens is 1. The summed E-state index contributed by atoms with van der Waals surface area (Å²) in [5.74, 6) is -0.493. The van der Waals surface area contributed by atoms with Crippen molar-refractivity contribution in [2.24, 2.45) is 5.92 Å². The Morgan fingerprint density at radius 3 is 2.52 bits per heavy atom. The van der Waals surface area contributed by atoms with Crippen LogP contribution in [0.1, 0.15) is 24.8 Å². The second kappa shape index (κ2) is 8.25. The first kappa shape index (κ1) is 19.5. The van der Waals surface area contributed by atoms with Gasteiger partial charge in [-0.2, -0.15) is 0 Å². The number of carbonyl (C=O) groups excluding carboxylic acids is 3. The normalized spacial score (nSPS) is 19.1. The third kappa shape index (κ3) is 4.27. The van der Waals surface area contributed by atoms with E-state index in [2.05, 4.69) is 5.32 Å². The van der Waals surface area contributed by atoms with E-state index < -0.39 is 5.92 Å². The zero-order chi connectivity index (χ0) is 20.4. The maximum atomic E-state index is 12.6. The number of amides is 3. The largest absolute Gasteiger partial charge is 0.337 e. The van der Waals surface area contributed by atoms with Crippen molar-refractivity contribution in [1.29, 1.82) is 0 Å². The zero-order valence-corrected chi connectivity index (χ0v) is 16.7. The summed E-state index contributed by atoms with van der Waals surface area (Å²) in [6.45, 7) is 1.51. The molecule has 0 spiro atoms. The first-order valence-corrected chi connectivity index (χ1v) is 10.1. The van der Waals surface area contributed by atoms with Crippen LogP contribution in [0.2, 0.25) is 5.02 Å². The molecule has 1 N–H and O–H groups in total. The average molecular weight is 412 g/mol. The van der Waals surface area contributed by atoms with Gasteiger partial charge in [0.05, 0.1) is 5.92 Å². The first-order valence-electron chi connectivity index (χ1n) is 9.74. The molecule has 0 bridgehead atoms. The highest BCUT2D eigenvalue weighted by Gasteiger charge is 2.34. The highest BCUT2D eigenvalue weighted by molar-refractivity contribution is 6.31. The number of nitrogens with one attached hydrogen (secondary N) is 1. The lowest BCUT2D eigenvalue weighted by atomic mass is 10.1. The third-order valence-corrected chi connectivity index (χ3v) is 5.79. The topological polar surface area (TPSA) is 69.7 Å².